The Labute approximate surface area is 189 Å². The number of aliphatic hydroxyl groups is 1. The second-order valence-electron chi connectivity index (χ2n) is 8.49. The number of piperidine rings is 3. The average Bonchev–Trinajstić information content (AvgIpc) is 3.56. The van der Waals surface area contributed by atoms with Crippen LogP contribution in [0.4, 0.5) is 0 Å². The first-order valence-corrected chi connectivity index (χ1v) is 13.2. The van der Waals surface area contributed by atoms with Crippen LogP contribution in [0, 0.1) is 5.92 Å². The molecular weight excluding hydrogens is 434 g/mol. The second-order valence-corrected chi connectivity index (χ2v) is 11.1. The molecule has 0 spiro atoms. The molecule has 0 amide bonds. The van der Waals surface area contributed by atoms with E-state index in [1.165, 1.54) is 40.4 Å². The number of carbonyl (C=O) groups is 1. The molecule has 3 aromatic heterocycles. The molecule has 2 bridgehead atoms. The minimum absolute atomic E-state index is 0.172. The summed E-state index contributed by atoms with van der Waals surface area (Å²) >= 11 is 4.75. The second kappa shape index (κ2) is 8.20. The molecule has 30 heavy (non-hydrogen) atoms. The van der Waals surface area contributed by atoms with E-state index in [2.05, 4.69) is 17.5 Å². The van der Waals surface area contributed by atoms with Gasteiger partial charge in [-0.25, -0.2) is 4.79 Å². The van der Waals surface area contributed by atoms with Crippen molar-refractivity contribution in [3.8, 4) is 0 Å². The third-order valence-corrected chi connectivity index (χ3v) is 9.21. The molecule has 6 rings (SSSR count). The van der Waals surface area contributed by atoms with Gasteiger partial charge in [0.15, 0.2) is 0 Å². The van der Waals surface area contributed by atoms with Crippen molar-refractivity contribution in [2.75, 3.05) is 19.6 Å². The standard InChI is InChI=1S/C23H26NO3S3/c25-22(23(26,18-6-12-28-15-18)19-7-13-29-16-19)27-21-14-17-3-8-24(21,9-4-17)10-5-20-2-1-11-30-20/h1-2,6-7,11-13,15-17,21,26H,3-5,8-10,14H2/q+1. The Morgan fingerprint density at radius 2 is 1.80 bits per heavy atom. The highest BCUT2D eigenvalue weighted by Gasteiger charge is 2.52. The van der Waals surface area contributed by atoms with Crippen LogP contribution in [-0.2, 0) is 21.6 Å². The van der Waals surface area contributed by atoms with Gasteiger partial charge in [0, 0.05) is 41.7 Å². The van der Waals surface area contributed by atoms with Gasteiger partial charge in [-0.3, -0.25) is 4.48 Å². The highest BCUT2D eigenvalue weighted by atomic mass is 32.1. The lowest BCUT2D eigenvalue weighted by Gasteiger charge is -2.53. The van der Waals surface area contributed by atoms with E-state index in [0.717, 1.165) is 37.0 Å². The van der Waals surface area contributed by atoms with Gasteiger partial charge >= 0.3 is 5.97 Å². The van der Waals surface area contributed by atoms with Gasteiger partial charge in [-0.05, 0) is 51.0 Å². The van der Waals surface area contributed by atoms with Crippen LogP contribution in [0.3, 0.4) is 0 Å². The van der Waals surface area contributed by atoms with Crippen LogP contribution in [-0.4, -0.2) is 41.4 Å². The maximum atomic E-state index is 13.5. The van der Waals surface area contributed by atoms with Crippen molar-refractivity contribution in [3.05, 3.63) is 67.2 Å². The van der Waals surface area contributed by atoms with E-state index < -0.39 is 11.6 Å². The molecule has 0 aromatic carbocycles. The molecule has 1 atom stereocenters. The number of nitrogens with zero attached hydrogens (tertiary/aromatic N) is 1. The number of esters is 1. The van der Waals surface area contributed by atoms with Crippen LogP contribution >= 0.6 is 34.0 Å². The number of fused-ring (bicyclic) bond motifs is 3. The molecule has 0 radical (unpaired) electrons. The summed E-state index contributed by atoms with van der Waals surface area (Å²) in [5.74, 6) is 0.0883. The van der Waals surface area contributed by atoms with Crippen LogP contribution in [0.1, 0.15) is 35.3 Å². The van der Waals surface area contributed by atoms with E-state index in [1.54, 1.807) is 11.3 Å². The van der Waals surface area contributed by atoms with Gasteiger partial charge < -0.3 is 9.84 Å². The fraction of sp³-hybridized carbons (Fsp3) is 0.435. The Hall–Kier alpha value is -1.51. The van der Waals surface area contributed by atoms with Gasteiger partial charge in [0.25, 0.3) is 0 Å². The van der Waals surface area contributed by atoms with E-state index in [-0.39, 0.29) is 6.23 Å². The first-order valence-electron chi connectivity index (χ1n) is 10.5. The molecule has 158 valence electrons. The number of rotatable bonds is 7. The third-order valence-electron chi connectivity index (χ3n) is 6.91. The molecule has 3 saturated heterocycles. The first-order chi connectivity index (χ1) is 14.6. The zero-order valence-corrected chi connectivity index (χ0v) is 19.2. The lowest BCUT2D eigenvalue weighted by molar-refractivity contribution is -0.984. The summed E-state index contributed by atoms with van der Waals surface area (Å²) in [6.45, 7) is 3.10. The Bertz CT molecular complexity index is 923. The quantitative estimate of drug-likeness (QED) is 0.405. The van der Waals surface area contributed by atoms with Crippen molar-refractivity contribution < 1.29 is 19.1 Å². The smallest absolute Gasteiger partial charge is 0.352 e. The molecular formula is C23H26NO3S3+. The third kappa shape index (κ3) is 3.56. The van der Waals surface area contributed by atoms with Crippen molar-refractivity contribution in [2.24, 2.45) is 5.92 Å². The number of carbonyl (C=O) groups excluding carboxylic acids is 1. The summed E-state index contributed by atoms with van der Waals surface area (Å²) in [6.07, 6.45) is 4.15. The molecule has 1 N–H and O–H groups in total. The predicted octanol–water partition coefficient (Wildman–Crippen LogP) is 4.85. The summed E-state index contributed by atoms with van der Waals surface area (Å²) in [6, 6.07) is 7.92. The summed E-state index contributed by atoms with van der Waals surface area (Å²) in [5.41, 5.74) is -0.552. The fourth-order valence-electron chi connectivity index (χ4n) is 5.04. The molecule has 3 aliphatic heterocycles. The largest absolute Gasteiger partial charge is 0.410 e. The molecule has 3 aromatic rings. The number of hydrogen-bond acceptors (Lipinski definition) is 6. The van der Waals surface area contributed by atoms with Crippen molar-refractivity contribution in [1.29, 1.82) is 0 Å². The van der Waals surface area contributed by atoms with E-state index in [4.69, 9.17) is 4.74 Å². The van der Waals surface area contributed by atoms with Gasteiger partial charge in [-0.15, -0.1) is 11.3 Å². The van der Waals surface area contributed by atoms with Crippen molar-refractivity contribution >= 4 is 40.0 Å². The monoisotopic (exact) mass is 460 g/mol. The van der Waals surface area contributed by atoms with Crippen molar-refractivity contribution in [3.63, 3.8) is 0 Å². The topological polar surface area (TPSA) is 46.5 Å². The summed E-state index contributed by atoms with van der Waals surface area (Å²) in [7, 11) is 0. The predicted molar refractivity (Wildman–Crippen MR) is 122 cm³/mol. The van der Waals surface area contributed by atoms with Gasteiger partial charge in [0.2, 0.25) is 11.8 Å². The minimum Gasteiger partial charge on any atom is -0.410 e. The van der Waals surface area contributed by atoms with E-state index in [0.29, 0.717) is 17.0 Å². The van der Waals surface area contributed by atoms with Crippen LogP contribution in [0.5, 0.6) is 0 Å². The maximum absolute atomic E-state index is 13.5. The van der Waals surface area contributed by atoms with Crippen LogP contribution in [0.25, 0.3) is 0 Å². The van der Waals surface area contributed by atoms with Gasteiger partial charge in [0.05, 0.1) is 19.6 Å². The Kier molecular flexibility index (Phi) is 5.58. The summed E-state index contributed by atoms with van der Waals surface area (Å²) in [4.78, 5) is 14.9. The molecule has 4 nitrogen and oxygen atoms in total. The Morgan fingerprint density at radius 1 is 1.10 bits per heavy atom. The number of thiophene rings is 3. The normalized spacial score (nSPS) is 26.0. The molecule has 0 saturated carbocycles. The zero-order valence-electron chi connectivity index (χ0n) is 16.7. The number of hydrogen-bond donors (Lipinski definition) is 1. The first kappa shape index (κ1) is 20.4. The van der Waals surface area contributed by atoms with Gasteiger partial charge in [0.1, 0.15) is 0 Å². The zero-order chi connectivity index (χ0) is 20.6. The summed E-state index contributed by atoms with van der Waals surface area (Å²) in [5, 5.41) is 21.2. The lowest BCUT2D eigenvalue weighted by atomic mass is 9.83. The molecule has 3 aliphatic rings. The minimum atomic E-state index is -1.74. The van der Waals surface area contributed by atoms with Gasteiger partial charge in [-0.2, -0.15) is 22.7 Å². The highest BCUT2D eigenvalue weighted by Crippen LogP contribution is 2.41. The number of ether oxygens (including phenoxy) is 1. The molecule has 1 unspecified atom stereocenters. The lowest BCUT2D eigenvalue weighted by Crippen LogP contribution is -2.66. The van der Waals surface area contributed by atoms with E-state index in [9.17, 15) is 9.90 Å². The SMILES string of the molecule is O=C(OC1CC2CC[N+]1(CCc1cccs1)CC2)C(O)(c1ccsc1)c1ccsc1. The van der Waals surface area contributed by atoms with Crippen LogP contribution in [0.2, 0.25) is 0 Å². The van der Waals surface area contributed by atoms with Crippen molar-refractivity contribution in [1.82, 2.24) is 0 Å². The Balaban J connectivity index is 1.40. The molecule has 6 heterocycles. The Morgan fingerprint density at radius 3 is 2.37 bits per heavy atom. The maximum Gasteiger partial charge on any atom is 0.352 e. The average molecular weight is 461 g/mol. The number of quaternary nitrogens is 1. The van der Waals surface area contributed by atoms with E-state index >= 15 is 0 Å². The molecule has 0 aliphatic carbocycles. The van der Waals surface area contributed by atoms with Crippen LogP contribution < -0.4 is 0 Å². The van der Waals surface area contributed by atoms with Gasteiger partial charge in [-0.1, -0.05) is 6.07 Å². The van der Waals surface area contributed by atoms with E-state index in [1.807, 2.05) is 33.7 Å². The fourth-order valence-corrected chi connectivity index (χ4v) is 7.13. The van der Waals surface area contributed by atoms with Crippen molar-refractivity contribution in [2.45, 2.75) is 37.5 Å². The summed E-state index contributed by atoms with van der Waals surface area (Å²) < 4.78 is 7.04. The molecule has 7 heteroatoms. The highest BCUT2D eigenvalue weighted by molar-refractivity contribution is 7.10. The van der Waals surface area contributed by atoms with Crippen LogP contribution in [0.15, 0.2) is 51.2 Å². The molecule has 3 fully saturated rings.